The molecule has 0 unspecified atom stereocenters. The Labute approximate surface area is 163 Å². The zero-order valence-corrected chi connectivity index (χ0v) is 15.7. The first kappa shape index (κ1) is 19.1. The fourth-order valence-corrected chi connectivity index (χ4v) is 3.28. The van der Waals surface area contributed by atoms with E-state index in [1.807, 2.05) is 18.2 Å². The number of para-hydroxylation sites is 1. The Morgan fingerprint density at radius 1 is 1.07 bits per heavy atom. The Morgan fingerprint density at radius 2 is 1.81 bits per heavy atom. The molecule has 0 radical (unpaired) electrons. The number of halogens is 1. The molecular weight excluding hydrogens is 366 g/mol. The SMILES string of the molecule is O=C(CC[NH+]1CCN(c2ccccc2)CC1)NNC(=O)c1cccnc1Cl. The summed E-state index contributed by atoms with van der Waals surface area (Å²) in [5.74, 6) is -0.702. The lowest BCUT2D eigenvalue weighted by Gasteiger charge is -2.33. The van der Waals surface area contributed by atoms with Crippen LogP contribution in [0.3, 0.4) is 0 Å². The number of hydrazine groups is 1. The molecule has 0 bridgehead atoms. The molecule has 2 amide bonds. The van der Waals surface area contributed by atoms with Crippen LogP contribution in [0.5, 0.6) is 0 Å². The number of nitrogens with zero attached hydrogens (tertiary/aromatic N) is 2. The van der Waals surface area contributed by atoms with Gasteiger partial charge in [0.15, 0.2) is 0 Å². The van der Waals surface area contributed by atoms with E-state index in [2.05, 4.69) is 32.9 Å². The quantitative estimate of drug-likeness (QED) is 0.508. The van der Waals surface area contributed by atoms with Crippen molar-refractivity contribution in [2.75, 3.05) is 37.6 Å². The molecule has 1 aliphatic heterocycles. The number of piperazine rings is 1. The largest absolute Gasteiger partial charge is 0.360 e. The average molecular weight is 389 g/mol. The van der Waals surface area contributed by atoms with Crippen molar-refractivity contribution >= 4 is 29.1 Å². The normalized spacial score (nSPS) is 14.6. The van der Waals surface area contributed by atoms with Crippen molar-refractivity contribution < 1.29 is 14.5 Å². The first-order valence-electron chi connectivity index (χ1n) is 8.97. The highest BCUT2D eigenvalue weighted by Gasteiger charge is 2.20. The molecule has 1 aromatic carbocycles. The van der Waals surface area contributed by atoms with Crippen LogP contribution in [-0.2, 0) is 4.79 Å². The molecule has 2 aromatic rings. The summed E-state index contributed by atoms with van der Waals surface area (Å²) in [5, 5.41) is 0.102. The Hall–Kier alpha value is -2.64. The van der Waals surface area contributed by atoms with Gasteiger partial charge in [0, 0.05) is 11.9 Å². The number of anilines is 1. The highest BCUT2D eigenvalue weighted by molar-refractivity contribution is 6.32. The molecule has 1 saturated heterocycles. The van der Waals surface area contributed by atoms with Gasteiger partial charge < -0.3 is 9.80 Å². The first-order chi connectivity index (χ1) is 13.1. The molecule has 1 fully saturated rings. The molecule has 8 heteroatoms. The van der Waals surface area contributed by atoms with Crippen molar-refractivity contribution in [1.82, 2.24) is 15.8 Å². The molecule has 2 heterocycles. The second-order valence-electron chi connectivity index (χ2n) is 6.42. The van der Waals surface area contributed by atoms with E-state index >= 15 is 0 Å². The number of benzene rings is 1. The molecule has 0 spiro atoms. The van der Waals surface area contributed by atoms with Crippen molar-refractivity contribution in [2.45, 2.75) is 6.42 Å². The van der Waals surface area contributed by atoms with E-state index in [0.717, 1.165) is 32.7 Å². The summed E-state index contributed by atoms with van der Waals surface area (Å²) in [6.07, 6.45) is 1.85. The second kappa shape index (κ2) is 9.34. The molecule has 1 aromatic heterocycles. The summed E-state index contributed by atoms with van der Waals surface area (Å²) in [7, 11) is 0. The van der Waals surface area contributed by atoms with Crippen molar-refractivity contribution in [1.29, 1.82) is 0 Å². The van der Waals surface area contributed by atoms with Gasteiger partial charge in [0.25, 0.3) is 5.91 Å². The molecule has 1 aliphatic rings. The predicted molar refractivity (Wildman–Crippen MR) is 104 cm³/mol. The van der Waals surface area contributed by atoms with E-state index in [4.69, 9.17) is 11.6 Å². The lowest BCUT2D eigenvalue weighted by atomic mass is 10.2. The standard InChI is InChI=1S/C19H22ClN5O2/c20-18-16(7-4-9-21-18)19(27)23-22-17(26)8-10-24-11-13-25(14-12-24)15-5-2-1-3-6-15/h1-7,9H,8,10-14H2,(H,22,26)(H,23,27)/p+1. The van der Waals surface area contributed by atoms with Crippen molar-refractivity contribution in [3.05, 3.63) is 59.4 Å². The lowest BCUT2D eigenvalue weighted by molar-refractivity contribution is -0.900. The Bertz CT molecular complexity index is 779. The number of hydrogen-bond donors (Lipinski definition) is 3. The maximum absolute atomic E-state index is 12.0. The minimum absolute atomic E-state index is 0.102. The smallest absolute Gasteiger partial charge is 0.272 e. The molecule has 142 valence electrons. The van der Waals surface area contributed by atoms with Crippen molar-refractivity contribution in [2.24, 2.45) is 0 Å². The summed E-state index contributed by atoms with van der Waals surface area (Å²) in [6, 6.07) is 13.5. The second-order valence-corrected chi connectivity index (χ2v) is 6.77. The number of carbonyl (C=O) groups is 2. The maximum atomic E-state index is 12.0. The van der Waals surface area contributed by atoms with E-state index in [9.17, 15) is 9.59 Å². The first-order valence-corrected chi connectivity index (χ1v) is 9.34. The number of pyridine rings is 1. The number of nitrogens with one attached hydrogen (secondary N) is 3. The van der Waals surface area contributed by atoms with Crippen LogP contribution >= 0.6 is 11.6 Å². The fraction of sp³-hybridized carbons (Fsp3) is 0.316. The van der Waals surface area contributed by atoms with Crippen LogP contribution in [0.25, 0.3) is 0 Å². The van der Waals surface area contributed by atoms with Crippen LogP contribution in [-0.4, -0.2) is 49.5 Å². The predicted octanol–water partition coefficient (Wildman–Crippen LogP) is 0.291. The van der Waals surface area contributed by atoms with Gasteiger partial charge in [-0.25, -0.2) is 4.98 Å². The molecule has 0 atom stereocenters. The number of carbonyl (C=O) groups excluding carboxylic acids is 2. The number of rotatable bonds is 5. The van der Waals surface area contributed by atoms with Crippen molar-refractivity contribution in [3.8, 4) is 0 Å². The van der Waals surface area contributed by atoms with Gasteiger partial charge in [0.2, 0.25) is 5.91 Å². The summed E-state index contributed by atoms with van der Waals surface area (Å²) in [6.45, 7) is 4.64. The van der Waals surface area contributed by atoms with E-state index in [-0.39, 0.29) is 16.6 Å². The summed E-state index contributed by atoms with van der Waals surface area (Å²) in [4.78, 5) is 31.6. The molecule has 3 N–H and O–H groups in total. The Morgan fingerprint density at radius 3 is 2.52 bits per heavy atom. The molecule has 27 heavy (non-hydrogen) atoms. The van der Waals surface area contributed by atoms with Gasteiger partial charge in [0.1, 0.15) is 5.15 Å². The molecule has 3 rings (SSSR count). The van der Waals surface area contributed by atoms with E-state index < -0.39 is 5.91 Å². The van der Waals surface area contributed by atoms with Gasteiger partial charge in [-0.2, -0.15) is 0 Å². The number of hydrogen-bond acceptors (Lipinski definition) is 4. The highest BCUT2D eigenvalue weighted by atomic mass is 35.5. The number of amides is 2. The van der Waals surface area contributed by atoms with Gasteiger partial charge >= 0.3 is 0 Å². The van der Waals surface area contributed by atoms with Crippen molar-refractivity contribution in [3.63, 3.8) is 0 Å². The minimum Gasteiger partial charge on any atom is -0.360 e. The average Bonchev–Trinajstić information content (AvgIpc) is 2.72. The van der Waals surface area contributed by atoms with Crippen LogP contribution in [0.2, 0.25) is 5.15 Å². The van der Waals surface area contributed by atoms with Crippen LogP contribution < -0.4 is 20.7 Å². The fourth-order valence-electron chi connectivity index (χ4n) is 3.07. The summed E-state index contributed by atoms with van der Waals surface area (Å²) in [5.41, 5.74) is 6.28. The molecule has 0 aliphatic carbocycles. The lowest BCUT2D eigenvalue weighted by Crippen LogP contribution is -3.15. The number of quaternary nitrogens is 1. The van der Waals surface area contributed by atoms with E-state index in [1.165, 1.54) is 16.8 Å². The van der Waals surface area contributed by atoms with Gasteiger partial charge in [-0.15, -0.1) is 0 Å². The number of aromatic nitrogens is 1. The third-order valence-corrected chi connectivity index (χ3v) is 4.92. The van der Waals surface area contributed by atoms with E-state index in [1.54, 1.807) is 12.1 Å². The van der Waals surface area contributed by atoms with Gasteiger partial charge in [0.05, 0.1) is 44.7 Å². The zero-order chi connectivity index (χ0) is 19.1. The van der Waals surface area contributed by atoms with Gasteiger partial charge in [-0.05, 0) is 24.3 Å². The van der Waals surface area contributed by atoms with E-state index in [0.29, 0.717) is 6.42 Å². The zero-order valence-electron chi connectivity index (χ0n) is 15.0. The van der Waals surface area contributed by atoms with Gasteiger partial charge in [-0.3, -0.25) is 20.4 Å². The molecule has 7 nitrogen and oxygen atoms in total. The maximum Gasteiger partial charge on any atom is 0.272 e. The van der Waals surface area contributed by atoms with Crippen LogP contribution in [0, 0.1) is 0 Å². The Balaban J connectivity index is 1.36. The third-order valence-electron chi connectivity index (χ3n) is 4.62. The highest BCUT2D eigenvalue weighted by Crippen LogP contribution is 2.12. The third kappa shape index (κ3) is 5.42. The summed E-state index contributed by atoms with van der Waals surface area (Å²) >= 11 is 5.86. The molecule has 0 saturated carbocycles. The Kier molecular flexibility index (Phi) is 6.62. The van der Waals surface area contributed by atoms with Crippen LogP contribution in [0.15, 0.2) is 48.7 Å². The minimum atomic E-state index is -0.481. The monoisotopic (exact) mass is 388 g/mol. The summed E-state index contributed by atoms with van der Waals surface area (Å²) < 4.78 is 0. The van der Waals surface area contributed by atoms with Gasteiger partial charge in [-0.1, -0.05) is 29.8 Å². The van der Waals surface area contributed by atoms with Crippen LogP contribution in [0.4, 0.5) is 5.69 Å². The topological polar surface area (TPSA) is 78.8 Å². The van der Waals surface area contributed by atoms with Crippen LogP contribution in [0.1, 0.15) is 16.8 Å². The molecular formula is C19H23ClN5O2+.